The summed E-state index contributed by atoms with van der Waals surface area (Å²) in [5, 5.41) is 4.67. The first-order chi connectivity index (χ1) is 11.1. The Morgan fingerprint density at radius 1 is 1.26 bits per heavy atom. The van der Waals surface area contributed by atoms with Crippen LogP contribution in [-0.4, -0.2) is 26.7 Å². The Bertz CT molecular complexity index is 855. The molecule has 1 aromatic carbocycles. The van der Waals surface area contributed by atoms with Crippen molar-refractivity contribution in [2.24, 2.45) is 0 Å². The van der Waals surface area contributed by atoms with Gasteiger partial charge in [-0.15, -0.1) is 0 Å². The first-order valence-corrected chi connectivity index (χ1v) is 8.62. The fraction of sp³-hybridized carbons (Fsp3) is 0.235. The molecule has 2 aromatic heterocycles. The second-order valence-electron chi connectivity index (χ2n) is 5.22. The molecule has 23 heavy (non-hydrogen) atoms. The SMILES string of the molecule is CCn1c(C)cc2cc(NC(=O)c3cnc(SC)nc3)ccc21. The minimum Gasteiger partial charge on any atom is -0.345 e. The zero-order valence-corrected chi connectivity index (χ0v) is 14.1. The van der Waals surface area contributed by atoms with Gasteiger partial charge in [-0.25, -0.2) is 9.97 Å². The molecule has 0 fully saturated rings. The summed E-state index contributed by atoms with van der Waals surface area (Å²) in [6.45, 7) is 5.15. The van der Waals surface area contributed by atoms with Gasteiger partial charge in [0, 0.05) is 41.2 Å². The molecule has 0 aliphatic rings. The molecule has 0 saturated heterocycles. The van der Waals surface area contributed by atoms with Gasteiger partial charge in [-0.1, -0.05) is 11.8 Å². The molecule has 0 aliphatic carbocycles. The number of carbonyl (C=O) groups excluding carboxylic acids is 1. The molecule has 0 unspecified atom stereocenters. The van der Waals surface area contributed by atoms with E-state index in [-0.39, 0.29) is 5.91 Å². The zero-order chi connectivity index (χ0) is 16.4. The molecule has 0 spiro atoms. The van der Waals surface area contributed by atoms with E-state index in [1.807, 2.05) is 24.5 Å². The summed E-state index contributed by atoms with van der Waals surface area (Å²) in [4.78, 5) is 20.5. The number of rotatable bonds is 4. The maximum atomic E-state index is 12.3. The Labute approximate surface area is 139 Å². The van der Waals surface area contributed by atoms with E-state index in [0.717, 1.165) is 17.6 Å². The molecular formula is C17H18N4OS. The van der Waals surface area contributed by atoms with Crippen molar-refractivity contribution in [3.63, 3.8) is 0 Å². The topological polar surface area (TPSA) is 59.8 Å². The lowest BCUT2D eigenvalue weighted by atomic mass is 10.2. The van der Waals surface area contributed by atoms with Crippen LogP contribution in [0.2, 0.25) is 0 Å². The number of benzene rings is 1. The largest absolute Gasteiger partial charge is 0.345 e. The van der Waals surface area contributed by atoms with Gasteiger partial charge in [0.15, 0.2) is 5.16 Å². The molecule has 6 heteroatoms. The first-order valence-electron chi connectivity index (χ1n) is 7.39. The van der Waals surface area contributed by atoms with Crippen molar-refractivity contribution in [2.75, 3.05) is 11.6 Å². The van der Waals surface area contributed by atoms with E-state index in [1.54, 1.807) is 12.4 Å². The van der Waals surface area contributed by atoms with Crippen LogP contribution in [0.4, 0.5) is 5.69 Å². The zero-order valence-electron chi connectivity index (χ0n) is 13.3. The summed E-state index contributed by atoms with van der Waals surface area (Å²) < 4.78 is 2.25. The van der Waals surface area contributed by atoms with Crippen molar-refractivity contribution in [3.05, 3.63) is 47.9 Å². The van der Waals surface area contributed by atoms with Gasteiger partial charge < -0.3 is 9.88 Å². The fourth-order valence-corrected chi connectivity index (χ4v) is 2.96. The molecule has 0 bridgehead atoms. The number of nitrogens with zero attached hydrogens (tertiary/aromatic N) is 3. The van der Waals surface area contributed by atoms with Crippen LogP contribution in [0.3, 0.4) is 0 Å². The highest BCUT2D eigenvalue weighted by Gasteiger charge is 2.10. The molecule has 2 heterocycles. The molecule has 0 aliphatic heterocycles. The number of aryl methyl sites for hydroxylation is 2. The van der Waals surface area contributed by atoms with E-state index in [0.29, 0.717) is 10.7 Å². The third-order valence-corrected chi connectivity index (χ3v) is 4.33. The molecule has 0 atom stereocenters. The number of fused-ring (bicyclic) bond motifs is 1. The summed E-state index contributed by atoms with van der Waals surface area (Å²) in [6, 6.07) is 8.08. The predicted molar refractivity (Wildman–Crippen MR) is 94.1 cm³/mol. The molecule has 0 saturated carbocycles. The predicted octanol–water partition coefficient (Wildman–Crippen LogP) is 3.73. The number of hydrogen-bond acceptors (Lipinski definition) is 4. The maximum absolute atomic E-state index is 12.3. The van der Waals surface area contributed by atoms with E-state index in [4.69, 9.17) is 0 Å². The average Bonchev–Trinajstić information content (AvgIpc) is 2.89. The summed E-state index contributed by atoms with van der Waals surface area (Å²) in [6.07, 6.45) is 4.99. The van der Waals surface area contributed by atoms with Crippen molar-refractivity contribution in [1.29, 1.82) is 0 Å². The van der Waals surface area contributed by atoms with E-state index in [2.05, 4.69) is 39.8 Å². The van der Waals surface area contributed by atoms with Gasteiger partial charge in [0.1, 0.15) is 0 Å². The Balaban J connectivity index is 1.84. The van der Waals surface area contributed by atoms with E-state index >= 15 is 0 Å². The minimum atomic E-state index is -0.205. The van der Waals surface area contributed by atoms with Crippen LogP contribution in [0.25, 0.3) is 10.9 Å². The highest BCUT2D eigenvalue weighted by molar-refractivity contribution is 7.98. The minimum absolute atomic E-state index is 0.205. The number of hydrogen-bond donors (Lipinski definition) is 1. The van der Waals surface area contributed by atoms with Crippen LogP contribution < -0.4 is 5.32 Å². The number of amides is 1. The highest BCUT2D eigenvalue weighted by atomic mass is 32.2. The van der Waals surface area contributed by atoms with Crippen LogP contribution in [0.5, 0.6) is 0 Å². The molecule has 118 valence electrons. The molecule has 3 rings (SSSR count). The second-order valence-corrected chi connectivity index (χ2v) is 5.99. The third-order valence-electron chi connectivity index (χ3n) is 3.76. The van der Waals surface area contributed by atoms with Crippen LogP contribution in [0.15, 0.2) is 41.8 Å². The number of nitrogens with one attached hydrogen (secondary N) is 1. The van der Waals surface area contributed by atoms with Gasteiger partial charge in [0.2, 0.25) is 0 Å². The standard InChI is InChI=1S/C17H18N4OS/c1-4-21-11(2)7-12-8-14(5-6-15(12)21)20-16(22)13-9-18-17(23-3)19-10-13/h5-10H,4H2,1-3H3,(H,20,22). The van der Waals surface area contributed by atoms with Crippen molar-refractivity contribution in [2.45, 2.75) is 25.5 Å². The van der Waals surface area contributed by atoms with Gasteiger partial charge in [0.05, 0.1) is 5.56 Å². The monoisotopic (exact) mass is 326 g/mol. The molecule has 1 N–H and O–H groups in total. The van der Waals surface area contributed by atoms with Crippen LogP contribution in [0.1, 0.15) is 23.0 Å². The number of aromatic nitrogens is 3. The quantitative estimate of drug-likeness (QED) is 0.586. The van der Waals surface area contributed by atoms with Gasteiger partial charge in [0.25, 0.3) is 5.91 Å². The molecular weight excluding hydrogens is 308 g/mol. The summed E-state index contributed by atoms with van der Waals surface area (Å²) >= 11 is 1.44. The van der Waals surface area contributed by atoms with Crippen molar-refractivity contribution >= 4 is 34.3 Å². The number of carbonyl (C=O) groups is 1. The van der Waals surface area contributed by atoms with Crippen LogP contribution in [-0.2, 0) is 6.54 Å². The van der Waals surface area contributed by atoms with E-state index < -0.39 is 0 Å². The lowest BCUT2D eigenvalue weighted by Crippen LogP contribution is -2.12. The average molecular weight is 326 g/mol. The molecule has 5 nitrogen and oxygen atoms in total. The van der Waals surface area contributed by atoms with Gasteiger partial charge >= 0.3 is 0 Å². The molecule has 3 aromatic rings. The second kappa shape index (κ2) is 6.42. The Kier molecular flexibility index (Phi) is 4.34. The Morgan fingerprint density at radius 3 is 2.65 bits per heavy atom. The lowest BCUT2D eigenvalue weighted by Gasteiger charge is -2.07. The normalized spacial score (nSPS) is 10.9. The van der Waals surface area contributed by atoms with Crippen LogP contribution in [0, 0.1) is 6.92 Å². The number of thioether (sulfide) groups is 1. The van der Waals surface area contributed by atoms with Gasteiger partial charge in [-0.05, 0) is 44.4 Å². The Hall–Kier alpha value is -2.34. The van der Waals surface area contributed by atoms with Gasteiger partial charge in [-0.2, -0.15) is 0 Å². The van der Waals surface area contributed by atoms with Crippen molar-refractivity contribution in [3.8, 4) is 0 Å². The highest BCUT2D eigenvalue weighted by Crippen LogP contribution is 2.23. The first kappa shape index (κ1) is 15.6. The maximum Gasteiger partial charge on any atom is 0.258 e. The summed E-state index contributed by atoms with van der Waals surface area (Å²) in [7, 11) is 0. The van der Waals surface area contributed by atoms with E-state index in [9.17, 15) is 4.79 Å². The third kappa shape index (κ3) is 3.07. The molecule has 1 amide bonds. The van der Waals surface area contributed by atoms with Crippen LogP contribution >= 0.6 is 11.8 Å². The summed E-state index contributed by atoms with van der Waals surface area (Å²) in [5.74, 6) is -0.205. The fourth-order valence-electron chi connectivity index (χ4n) is 2.65. The smallest absolute Gasteiger partial charge is 0.258 e. The molecule has 0 radical (unpaired) electrons. The number of anilines is 1. The van der Waals surface area contributed by atoms with E-state index in [1.165, 1.54) is 23.0 Å². The van der Waals surface area contributed by atoms with Crippen molar-refractivity contribution in [1.82, 2.24) is 14.5 Å². The summed E-state index contributed by atoms with van der Waals surface area (Å²) in [5.41, 5.74) is 3.61. The van der Waals surface area contributed by atoms with Gasteiger partial charge in [-0.3, -0.25) is 4.79 Å². The lowest BCUT2D eigenvalue weighted by molar-refractivity contribution is 0.102. The van der Waals surface area contributed by atoms with Crippen molar-refractivity contribution < 1.29 is 4.79 Å². The Morgan fingerprint density at radius 2 is 2.00 bits per heavy atom.